The summed E-state index contributed by atoms with van der Waals surface area (Å²) >= 11 is 1.38. The van der Waals surface area contributed by atoms with Crippen molar-refractivity contribution in [2.75, 3.05) is 6.54 Å². The Morgan fingerprint density at radius 2 is 2.04 bits per heavy atom. The molecule has 1 heterocycles. The van der Waals surface area contributed by atoms with Gasteiger partial charge in [-0.2, -0.15) is 0 Å². The van der Waals surface area contributed by atoms with Crippen LogP contribution in [-0.4, -0.2) is 17.7 Å². The highest BCUT2D eigenvalue weighted by atomic mass is 32.1. The Morgan fingerprint density at radius 3 is 2.84 bits per heavy atom. The first-order chi connectivity index (χ1) is 12.0. The maximum atomic E-state index is 11.5. The minimum absolute atomic E-state index is 0.0982. The van der Waals surface area contributed by atoms with E-state index in [0.717, 1.165) is 23.2 Å². The van der Waals surface area contributed by atoms with E-state index in [1.807, 2.05) is 6.07 Å². The van der Waals surface area contributed by atoms with Crippen molar-refractivity contribution in [3.8, 4) is 0 Å². The van der Waals surface area contributed by atoms with Gasteiger partial charge in [0.05, 0.1) is 4.88 Å². The molecule has 1 amide bonds. The third kappa shape index (κ3) is 4.45. The molecule has 3 N–H and O–H groups in total. The second-order valence-electron chi connectivity index (χ2n) is 6.78. The van der Waals surface area contributed by atoms with Gasteiger partial charge in [-0.3, -0.25) is 10.0 Å². The number of allylic oxidation sites excluding steroid dienone is 4. The number of hydrogen-bond donors (Lipinski definition) is 3. The maximum absolute atomic E-state index is 11.5. The quantitative estimate of drug-likeness (QED) is 0.557. The molecule has 0 radical (unpaired) electrons. The van der Waals surface area contributed by atoms with Gasteiger partial charge in [0.15, 0.2) is 0 Å². The predicted octanol–water partition coefficient (Wildman–Crippen LogP) is 4.19. The van der Waals surface area contributed by atoms with Crippen LogP contribution in [0, 0.1) is 5.41 Å². The van der Waals surface area contributed by atoms with E-state index in [1.165, 1.54) is 22.5 Å². The molecule has 3 rings (SSSR count). The van der Waals surface area contributed by atoms with Crippen LogP contribution in [0.1, 0.15) is 29.1 Å². The summed E-state index contributed by atoms with van der Waals surface area (Å²) < 4.78 is 1.04. The zero-order valence-corrected chi connectivity index (χ0v) is 15.2. The van der Waals surface area contributed by atoms with Gasteiger partial charge in [-0.1, -0.05) is 56.4 Å². The van der Waals surface area contributed by atoms with E-state index in [1.54, 1.807) is 11.5 Å². The second-order valence-corrected chi connectivity index (χ2v) is 7.87. The number of carbonyl (C=O) groups is 1. The van der Waals surface area contributed by atoms with E-state index in [4.69, 9.17) is 5.21 Å². The van der Waals surface area contributed by atoms with Gasteiger partial charge >= 0.3 is 0 Å². The number of thiophene rings is 1. The fraction of sp³-hybridized carbons (Fsp3) is 0.250. The van der Waals surface area contributed by atoms with Crippen LogP contribution in [0.15, 0.2) is 60.2 Å². The molecule has 25 heavy (non-hydrogen) atoms. The van der Waals surface area contributed by atoms with Crippen LogP contribution in [0.2, 0.25) is 0 Å². The van der Waals surface area contributed by atoms with Gasteiger partial charge < -0.3 is 5.32 Å². The first kappa shape index (κ1) is 17.6. The zero-order valence-electron chi connectivity index (χ0n) is 14.4. The summed E-state index contributed by atoms with van der Waals surface area (Å²) in [5, 5.41) is 13.2. The maximum Gasteiger partial charge on any atom is 0.284 e. The average molecular weight is 354 g/mol. The molecular weight excluding hydrogens is 332 g/mol. The largest absolute Gasteiger partial charge is 0.309 e. The van der Waals surface area contributed by atoms with Crippen LogP contribution >= 0.6 is 11.3 Å². The Hall–Kier alpha value is -2.21. The van der Waals surface area contributed by atoms with E-state index in [0.29, 0.717) is 4.88 Å². The summed E-state index contributed by atoms with van der Waals surface area (Å²) in [4.78, 5) is 12.0. The molecule has 0 aliphatic heterocycles. The molecule has 0 saturated carbocycles. The minimum atomic E-state index is -0.469. The number of hydrogen-bond acceptors (Lipinski definition) is 4. The number of fused-ring (bicyclic) bond motifs is 1. The Morgan fingerprint density at radius 1 is 1.20 bits per heavy atom. The number of benzene rings is 1. The van der Waals surface area contributed by atoms with Crippen molar-refractivity contribution in [1.29, 1.82) is 0 Å². The van der Waals surface area contributed by atoms with Crippen LogP contribution < -0.4 is 10.8 Å². The van der Waals surface area contributed by atoms with Crippen molar-refractivity contribution in [3.05, 3.63) is 70.7 Å². The SMILES string of the molecule is CC1(C)C=CC=C(CNCc2ccc3cc(C(=O)NO)sc3c2)C=C1. The first-order valence-electron chi connectivity index (χ1n) is 8.22. The molecule has 0 unspecified atom stereocenters. The molecule has 130 valence electrons. The first-order valence-corrected chi connectivity index (χ1v) is 9.04. The lowest BCUT2D eigenvalue weighted by molar-refractivity contribution is 0.0711. The van der Waals surface area contributed by atoms with E-state index in [-0.39, 0.29) is 5.41 Å². The van der Waals surface area contributed by atoms with Gasteiger partial charge in [0.25, 0.3) is 5.91 Å². The molecule has 2 aromatic rings. The van der Waals surface area contributed by atoms with Crippen molar-refractivity contribution >= 4 is 27.3 Å². The molecule has 4 nitrogen and oxygen atoms in total. The molecule has 1 aromatic carbocycles. The Kier molecular flexibility index (Phi) is 5.18. The molecule has 0 saturated heterocycles. The van der Waals surface area contributed by atoms with Gasteiger partial charge in [0.1, 0.15) is 0 Å². The molecule has 0 fully saturated rings. The summed E-state index contributed by atoms with van der Waals surface area (Å²) in [6.45, 7) is 5.93. The Labute approximate surface area is 151 Å². The molecule has 0 bridgehead atoms. The number of carbonyl (C=O) groups excluding carboxylic acids is 1. The molecule has 0 atom stereocenters. The smallest absolute Gasteiger partial charge is 0.284 e. The fourth-order valence-corrected chi connectivity index (χ4v) is 3.69. The molecule has 1 aromatic heterocycles. The fourth-order valence-electron chi connectivity index (χ4n) is 2.67. The van der Waals surface area contributed by atoms with Crippen LogP contribution in [0.5, 0.6) is 0 Å². The summed E-state index contributed by atoms with van der Waals surface area (Å²) in [6.07, 6.45) is 10.8. The minimum Gasteiger partial charge on any atom is -0.309 e. The second kappa shape index (κ2) is 7.35. The summed E-state index contributed by atoms with van der Waals surface area (Å²) in [6, 6.07) is 7.94. The Bertz CT molecular complexity index is 875. The molecule has 5 heteroatoms. The van der Waals surface area contributed by atoms with Crippen molar-refractivity contribution in [2.24, 2.45) is 5.41 Å². The number of hydroxylamine groups is 1. The lowest BCUT2D eigenvalue weighted by Crippen LogP contribution is -2.16. The molecule has 1 aliphatic rings. The third-order valence-electron chi connectivity index (χ3n) is 4.13. The summed E-state index contributed by atoms with van der Waals surface area (Å²) in [7, 11) is 0. The highest BCUT2D eigenvalue weighted by Gasteiger charge is 2.11. The van der Waals surface area contributed by atoms with Gasteiger partial charge in [-0.15, -0.1) is 11.3 Å². The zero-order chi connectivity index (χ0) is 17.9. The highest BCUT2D eigenvalue weighted by Crippen LogP contribution is 2.27. The predicted molar refractivity (Wildman–Crippen MR) is 103 cm³/mol. The van der Waals surface area contributed by atoms with E-state index < -0.39 is 5.91 Å². The van der Waals surface area contributed by atoms with E-state index >= 15 is 0 Å². The third-order valence-corrected chi connectivity index (χ3v) is 5.23. The van der Waals surface area contributed by atoms with Crippen LogP contribution in [0.4, 0.5) is 0 Å². The monoisotopic (exact) mass is 354 g/mol. The van der Waals surface area contributed by atoms with Crippen molar-refractivity contribution in [3.63, 3.8) is 0 Å². The summed E-state index contributed by atoms with van der Waals surface area (Å²) in [5.74, 6) is -0.469. The number of rotatable bonds is 5. The van der Waals surface area contributed by atoms with Gasteiger partial charge in [0, 0.05) is 23.2 Å². The van der Waals surface area contributed by atoms with Crippen molar-refractivity contribution in [1.82, 2.24) is 10.8 Å². The Balaban J connectivity index is 1.63. The summed E-state index contributed by atoms with van der Waals surface area (Å²) in [5.41, 5.74) is 4.19. The van der Waals surface area contributed by atoms with Crippen LogP contribution in [0.3, 0.4) is 0 Å². The average Bonchev–Trinajstić information content (AvgIpc) is 2.93. The number of nitrogens with one attached hydrogen (secondary N) is 2. The van der Waals surface area contributed by atoms with Crippen molar-refractivity contribution in [2.45, 2.75) is 20.4 Å². The van der Waals surface area contributed by atoms with Crippen molar-refractivity contribution < 1.29 is 10.0 Å². The van der Waals surface area contributed by atoms with Crippen LogP contribution in [0.25, 0.3) is 10.1 Å². The van der Waals surface area contributed by atoms with Gasteiger partial charge in [-0.05, 0) is 28.7 Å². The number of amides is 1. The highest BCUT2D eigenvalue weighted by molar-refractivity contribution is 7.20. The van der Waals surface area contributed by atoms with Crippen LogP contribution in [-0.2, 0) is 6.54 Å². The topological polar surface area (TPSA) is 61.4 Å². The normalized spacial score (nSPS) is 15.9. The lowest BCUT2D eigenvalue weighted by Gasteiger charge is -2.12. The van der Waals surface area contributed by atoms with E-state index in [2.05, 4.69) is 61.7 Å². The molecular formula is C20H22N2O2S. The lowest BCUT2D eigenvalue weighted by atomic mass is 9.93. The van der Waals surface area contributed by atoms with E-state index in [9.17, 15) is 4.79 Å². The molecule has 1 aliphatic carbocycles. The molecule has 0 spiro atoms. The standard InChI is InChI=1S/C20H22N2O2S/c1-20(2)8-3-4-14(7-9-20)12-21-13-15-5-6-16-11-18(19(23)22-24)25-17(16)10-15/h3-11,21,24H,12-13H2,1-2H3,(H,22,23). The van der Waals surface area contributed by atoms with Gasteiger partial charge in [-0.25, -0.2) is 5.48 Å². The van der Waals surface area contributed by atoms with Gasteiger partial charge in [0.2, 0.25) is 0 Å².